The Balaban J connectivity index is 1.46. The Hall–Kier alpha value is -2.48. The van der Waals surface area contributed by atoms with Crippen LogP contribution in [0, 0.1) is 12.8 Å². The minimum absolute atomic E-state index is 0.0551. The lowest BCUT2D eigenvalue weighted by atomic mass is 9.92. The van der Waals surface area contributed by atoms with Gasteiger partial charge in [0.2, 0.25) is 5.88 Å². The maximum atomic E-state index is 12.8. The number of carbonyl (C=O) groups is 1. The maximum absolute atomic E-state index is 12.8. The number of aryl methyl sites for hydroxylation is 1. The molecule has 8 heteroatoms. The van der Waals surface area contributed by atoms with Gasteiger partial charge in [0, 0.05) is 25.2 Å². The minimum Gasteiger partial charge on any atom is -0.480 e. The van der Waals surface area contributed by atoms with E-state index in [9.17, 15) is 4.79 Å². The van der Waals surface area contributed by atoms with Crippen LogP contribution in [0.2, 0.25) is 0 Å². The third-order valence-corrected chi connectivity index (χ3v) is 4.82. The summed E-state index contributed by atoms with van der Waals surface area (Å²) in [6, 6.07) is 3.49. The molecule has 0 N–H and O–H groups in total. The van der Waals surface area contributed by atoms with Crippen molar-refractivity contribution in [3.63, 3.8) is 0 Å². The number of nitrogens with zero attached hydrogens (tertiary/aromatic N) is 4. The Morgan fingerprint density at radius 2 is 2.32 bits per heavy atom. The fraction of sp³-hybridized carbons (Fsp3) is 0.529. The SMILES string of the molecule is COc1ncccc1C(=O)N1CC[C@@H]2O[C@@H](c3nc(C)no3)C[C@H]2C1. The van der Waals surface area contributed by atoms with Gasteiger partial charge in [-0.3, -0.25) is 4.79 Å². The summed E-state index contributed by atoms with van der Waals surface area (Å²) >= 11 is 0. The molecule has 4 heterocycles. The van der Waals surface area contributed by atoms with Crippen LogP contribution in [0.4, 0.5) is 0 Å². The highest BCUT2D eigenvalue weighted by atomic mass is 16.5. The van der Waals surface area contributed by atoms with Gasteiger partial charge in [-0.05, 0) is 31.9 Å². The quantitative estimate of drug-likeness (QED) is 0.838. The highest BCUT2D eigenvalue weighted by molar-refractivity contribution is 5.96. The number of rotatable bonds is 3. The summed E-state index contributed by atoms with van der Waals surface area (Å²) in [4.78, 5) is 23.1. The van der Waals surface area contributed by atoms with Crippen molar-refractivity contribution >= 4 is 5.91 Å². The Kier molecular flexibility index (Phi) is 4.12. The van der Waals surface area contributed by atoms with Crippen molar-refractivity contribution in [1.82, 2.24) is 20.0 Å². The highest BCUT2D eigenvalue weighted by Gasteiger charge is 2.43. The molecule has 0 bridgehead atoms. The molecule has 2 saturated heterocycles. The molecule has 0 radical (unpaired) electrons. The van der Waals surface area contributed by atoms with E-state index in [0.717, 1.165) is 12.8 Å². The predicted molar refractivity (Wildman–Crippen MR) is 86.1 cm³/mol. The lowest BCUT2D eigenvalue weighted by Crippen LogP contribution is -2.44. The number of fused-ring (bicyclic) bond motifs is 1. The van der Waals surface area contributed by atoms with E-state index < -0.39 is 0 Å². The Morgan fingerprint density at radius 3 is 3.08 bits per heavy atom. The third-order valence-electron chi connectivity index (χ3n) is 4.82. The van der Waals surface area contributed by atoms with Crippen molar-refractivity contribution in [2.75, 3.05) is 20.2 Å². The van der Waals surface area contributed by atoms with E-state index in [-0.39, 0.29) is 24.0 Å². The van der Waals surface area contributed by atoms with Crippen LogP contribution in [0.15, 0.2) is 22.9 Å². The third kappa shape index (κ3) is 2.97. The van der Waals surface area contributed by atoms with E-state index >= 15 is 0 Å². The molecule has 25 heavy (non-hydrogen) atoms. The summed E-state index contributed by atoms with van der Waals surface area (Å²) in [7, 11) is 1.52. The molecule has 2 aromatic rings. The first kappa shape index (κ1) is 16.0. The molecule has 0 aliphatic carbocycles. The number of likely N-dealkylation sites (tertiary alicyclic amines) is 1. The number of hydrogen-bond donors (Lipinski definition) is 0. The van der Waals surface area contributed by atoms with Crippen LogP contribution in [0.3, 0.4) is 0 Å². The first-order chi connectivity index (χ1) is 12.2. The average molecular weight is 344 g/mol. The van der Waals surface area contributed by atoms with Crippen LogP contribution in [-0.2, 0) is 4.74 Å². The van der Waals surface area contributed by atoms with Crippen LogP contribution in [-0.4, -0.2) is 52.2 Å². The van der Waals surface area contributed by atoms with E-state index in [1.54, 1.807) is 25.3 Å². The van der Waals surface area contributed by atoms with E-state index in [1.165, 1.54) is 7.11 Å². The van der Waals surface area contributed by atoms with Gasteiger partial charge in [-0.2, -0.15) is 4.98 Å². The van der Waals surface area contributed by atoms with Gasteiger partial charge in [-0.1, -0.05) is 5.16 Å². The lowest BCUT2D eigenvalue weighted by molar-refractivity contribution is -0.00781. The zero-order valence-corrected chi connectivity index (χ0v) is 14.2. The van der Waals surface area contributed by atoms with Crippen LogP contribution in [0.1, 0.15) is 41.0 Å². The first-order valence-electron chi connectivity index (χ1n) is 8.39. The molecule has 0 spiro atoms. The first-order valence-corrected chi connectivity index (χ1v) is 8.39. The number of ether oxygens (including phenoxy) is 2. The molecule has 2 aliphatic heterocycles. The molecule has 0 unspecified atom stereocenters. The Morgan fingerprint density at radius 1 is 1.44 bits per heavy atom. The van der Waals surface area contributed by atoms with E-state index in [2.05, 4.69) is 15.1 Å². The summed E-state index contributed by atoms with van der Waals surface area (Å²) in [5, 5.41) is 3.83. The van der Waals surface area contributed by atoms with Gasteiger partial charge >= 0.3 is 0 Å². The van der Waals surface area contributed by atoms with Gasteiger partial charge in [-0.15, -0.1) is 0 Å². The second kappa shape index (κ2) is 6.44. The normalized spacial score (nSPS) is 25.7. The monoisotopic (exact) mass is 344 g/mol. The number of pyridine rings is 1. The van der Waals surface area contributed by atoms with Gasteiger partial charge in [-0.25, -0.2) is 4.98 Å². The molecule has 8 nitrogen and oxygen atoms in total. The Labute approximate surface area is 145 Å². The van der Waals surface area contributed by atoms with Gasteiger partial charge in [0.05, 0.1) is 13.2 Å². The molecule has 4 rings (SSSR count). The van der Waals surface area contributed by atoms with Crippen molar-refractivity contribution in [1.29, 1.82) is 0 Å². The van der Waals surface area contributed by atoms with Crippen molar-refractivity contribution < 1.29 is 18.8 Å². The second-order valence-corrected chi connectivity index (χ2v) is 6.44. The molecule has 0 aromatic carbocycles. The average Bonchev–Trinajstić information content (AvgIpc) is 3.26. The fourth-order valence-corrected chi connectivity index (χ4v) is 3.63. The van der Waals surface area contributed by atoms with Gasteiger partial charge in [0.1, 0.15) is 11.7 Å². The van der Waals surface area contributed by atoms with Crippen molar-refractivity contribution in [3.05, 3.63) is 35.6 Å². The van der Waals surface area contributed by atoms with Crippen molar-refractivity contribution in [3.8, 4) is 5.88 Å². The fourth-order valence-electron chi connectivity index (χ4n) is 3.63. The van der Waals surface area contributed by atoms with Crippen molar-refractivity contribution in [2.45, 2.75) is 32.0 Å². The Bertz CT molecular complexity index is 778. The summed E-state index contributed by atoms with van der Waals surface area (Å²) < 4.78 is 16.5. The molecule has 1 amide bonds. The van der Waals surface area contributed by atoms with Gasteiger partial charge in [0.15, 0.2) is 5.82 Å². The van der Waals surface area contributed by atoms with Gasteiger partial charge in [0.25, 0.3) is 11.8 Å². The molecule has 3 atom stereocenters. The summed E-state index contributed by atoms with van der Waals surface area (Å²) in [5.41, 5.74) is 0.492. The van der Waals surface area contributed by atoms with Crippen LogP contribution in [0.25, 0.3) is 0 Å². The number of amides is 1. The predicted octanol–water partition coefficient (Wildman–Crippen LogP) is 1.77. The van der Waals surface area contributed by atoms with E-state index in [1.807, 2.05) is 4.90 Å². The largest absolute Gasteiger partial charge is 0.480 e. The number of hydrogen-bond acceptors (Lipinski definition) is 7. The number of piperidine rings is 1. The standard InChI is InChI=1S/C17H20N4O4/c1-10-19-16(25-20-10)14-8-11-9-21(7-5-13(11)24-14)17(22)12-4-3-6-18-15(12)23-2/h3-4,6,11,13-14H,5,7-9H2,1-2H3/t11-,13-,14+/m0/s1. The maximum Gasteiger partial charge on any atom is 0.259 e. The molecule has 132 valence electrons. The zero-order valence-electron chi connectivity index (χ0n) is 14.2. The highest BCUT2D eigenvalue weighted by Crippen LogP contribution is 2.40. The number of methoxy groups -OCH3 is 1. The number of carbonyl (C=O) groups excluding carboxylic acids is 1. The molecule has 2 aromatic heterocycles. The molecule has 0 saturated carbocycles. The lowest BCUT2D eigenvalue weighted by Gasteiger charge is -2.34. The number of aromatic nitrogens is 3. The van der Waals surface area contributed by atoms with E-state index in [4.69, 9.17) is 14.0 Å². The zero-order chi connectivity index (χ0) is 17.4. The van der Waals surface area contributed by atoms with Crippen molar-refractivity contribution in [2.24, 2.45) is 5.92 Å². The van der Waals surface area contributed by atoms with Crippen LogP contribution in [0.5, 0.6) is 5.88 Å². The smallest absolute Gasteiger partial charge is 0.259 e. The molecular formula is C17H20N4O4. The second-order valence-electron chi connectivity index (χ2n) is 6.44. The summed E-state index contributed by atoms with van der Waals surface area (Å²) in [6.07, 6.45) is 3.13. The molecule has 2 aliphatic rings. The molecular weight excluding hydrogens is 324 g/mol. The van der Waals surface area contributed by atoms with E-state index in [0.29, 0.717) is 36.2 Å². The minimum atomic E-state index is -0.181. The van der Waals surface area contributed by atoms with Gasteiger partial charge < -0.3 is 18.9 Å². The van der Waals surface area contributed by atoms with Crippen LogP contribution < -0.4 is 4.74 Å². The topological polar surface area (TPSA) is 90.6 Å². The summed E-state index contributed by atoms with van der Waals surface area (Å²) in [6.45, 7) is 3.08. The summed E-state index contributed by atoms with van der Waals surface area (Å²) in [5.74, 6) is 1.70. The molecule has 2 fully saturated rings. The van der Waals surface area contributed by atoms with Crippen LogP contribution >= 0.6 is 0 Å².